The fourth-order valence-corrected chi connectivity index (χ4v) is 7.79. The molecule has 4 bridgehead atoms. The van der Waals surface area contributed by atoms with Crippen LogP contribution in [0.1, 0.15) is 19.3 Å². The Hall–Kier alpha value is -0.770. The highest BCUT2D eigenvalue weighted by molar-refractivity contribution is 7.87. The van der Waals surface area contributed by atoms with Crippen molar-refractivity contribution in [2.24, 2.45) is 41.4 Å². The van der Waals surface area contributed by atoms with Gasteiger partial charge in [0.15, 0.2) is 0 Å². The van der Waals surface area contributed by atoms with Crippen molar-refractivity contribution in [3.63, 3.8) is 0 Å². The Morgan fingerprint density at radius 2 is 1.36 bits per heavy atom. The third-order valence-electron chi connectivity index (χ3n) is 7.04. The maximum Gasteiger partial charge on any atom is 0.419 e. The summed E-state index contributed by atoms with van der Waals surface area (Å²) in [6.45, 7) is 0. The van der Waals surface area contributed by atoms with Crippen molar-refractivity contribution in [3.05, 3.63) is 12.2 Å². The molecule has 7 atom stereocenters. The lowest BCUT2D eigenvalue weighted by molar-refractivity contribution is -0.288. The van der Waals surface area contributed by atoms with Crippen molar-refractivity contribution in [3.8, 4) is 0 Å². The van der Waals surface area contributed by atoms with Crippen LogP contribution in [0.25, 0.3) is 0 Å². The largest absolute Gasteiger partial charge is 0.419 e. The van der Waals surface area contributed by atoms with E-state index in [4.69, 9.17) is 0 Å². The summed E-state index contributed by atoms with van der Waals surface area (Å²) < 4.78 is 109. The third-order valence-corrected chi connectivity index (χ3v) is 8.62. The number of hydrogen-bond acceptors (Lipinski definition) is 2. The first-order valence-corrected chi connectivity index (χ1v) is 9.53. The molecule has 25 heavy (non-hydrogen) atoms. The van der Waals surface area contributed by atoms with Gasteiger partial charge in [-0.05, 0) is 54.8 Å². The third kappa shape index (κ3) is 1.95. The average Bonchev–Trinajstić information content (AvgIpc) is 3.12. The second-order valence-electron chi connectivity index (χ2n) is 7.81. The summed E-state index contributed by atoms with van der Waals surface area (Å²) in [4.78, 5) is 0. The molecule has 142 valence electrons. The average molecular weight is 390 g/mol. The van der Waals surface area contributed by atoms with Gasteiger partial charge in [-0.3, -0.25) is 4.55 Å². The van der Waals surface area contributed by atoms with E-state index in [-0.39, 0.29) is 36.0 Å². The summed E-state index contributed by atoms with van der Waals surface area (Å²) in [5.74, 6) is -3.79. The van der Waals surface area contributed by atoms with Crippen LogP contribution >= 0.6 is 0 Å². The molecular formula is C15H16F6O3S. The first-order chi connectivity index (χ1) is 11.3. The molecule has 3 fully saturated rings. The molecule has 0 spiro atoms. The van der Waals surface area contributed by atoms with Crippen LogP contribution in [0.15, 0.2) is 12.2 Å². The van der Waals surface area contributed by atoms with Gasteiger partial charge < -0.3 is 0 Å². The van der Waals surface area contributed by atoms with E-state index in [0.29, 0.717) is 6.42 Å². The first kappa shape index (κ1) is 17.6. The van der Waals surface area contributed by atoms with E-state index in [9.17, 15) is 39.3 Å². The lowest BCUT2D eigenvalue weighted by Gasteiger charge is -2.46. The minimum absolute atomic E-state index is 0.0387. The number of hydrogen-bond donors (Lipinski definition) is 1. The monoisotopic (exact) mass is 390 g/mol. The standard InChI is InChI=1S/C15H16F6O3S/c16-14(17,18)13(15(19,20)21,25(22,23)24)10-5-8-4-9(10)12-7-2-1-6(3-7)11(8)12/h1-2,6-12H,3-5H2,(H,22,23,24). The lowest BCUT2D eigenvalue weighted by Crippen LogP contribution is -2.67. The second kappa shape index (κ2) is 4.74. The van der Waals surface area contributed by atoms with Crippen LogP contribution in [0.5, 0.6) is 0 Å². The molecule has 1 N–H and O–H groups in total. The van der Waals surface area contributed by atoms with Gasteiger partial charge in [0.2, 0.25) is 0 Å². The molecule has 0 aromatic carbocycles. The Morgan fingerprint density at radius 3 is 1.84 bits per heavy atom. The summed E-state index contributed by atoms with van der Waals surface area (Å²) in [5, 5.41) is 0. The van der Waals surface area contributed by atoms with E-state index >= 15 is 0 Å². The fourth-order valence-electron chi connectivity index (χ4n) is 6.55. The van der Waals surface area contributed by atoms with Gasteiger partial charge in [-0.1, -0.05) is 12.2 Å². The minimum atomic E-state index is -6.46. The molecule has 4 rings (SSSR count). The Bertz CT molecular complexity index is 711. The van der Waals surface area contributed by atoms with E-state index in [0.717, 1.165) is 0 Å². The molecule has 0 aromatic heterocycles. The first-order valence-electron chi connectivity index (χ1n) is 8.09. The summed E-state index contributed by atoms with van der Waals surface area (Å²) in [7, 11) is -6.46. The molecule has 3 saturated carbocycles. The molecule has 0 radical (unpaired) electrons. The highest BCUT2D eigenvalue weighted by Gasteiger charge is 2.84. The molecule has 3 nitrogen and oxygen atoms in total. The normalized spacial score (nSPS) is 43.1. The molecule has 7 unspecified atom stereocenters. The Morgan fingerprint density at radius 1 is 0.840 bits per heavy atom. The van der Waals surface area contributed by atoms with E-state index in [1.54, 1.807) is 0 Å². The number of rotatable bonds is 2. The van der Waals surface area contributed by atoms with Crippen molar-refractivity contribution in [2.45, 2.75) is 36.4 Å². The smallest absolute Gasteiger partial charge is 0.285 e. The van der Waals surface area contributed by atoms with Gasteiger partial charge in [-0.2, -0.15) is 34.8 Å². The molecule has 0 amide bonds. The molecule has 4 aliphatic rings. The Kier molecular flexibility index (Phi) is 3.34. The van der Waals surface area contributed by atoms with Crippen molar-refractivity contribution >= 4 is 10.1 Å². The van der Waals surface area contributed by atoms with Crippen molar-refractivity contribution in [1.82, 2.24) is 0 Å². The quantitative estimate of drug-likeness (QED) is 0.337. The predicted molar refractivity (Wildman–Crippen MR) is 73.8 cm³/mol. The maximum atomic E-state index is 13.6. The lowest BCUT2D eigenvalue weighted by atomic mass is 9.65. The van der Waals surface area contributed by atoms with Gasteiger partial charge in [0.1, 0.15) is 0 Å². The molecule has 10 heteroatoms. The zero-order valence-corrected chi connectivity index (χ0v) is 13.6. The summed E-state index contributed by atoms with van der Waals surface area (Å²) in [5.41, 5.74) is 0. The van der Waals surface area contributed by atoms with Gasteiger partial charge in [0.05, 0.1) is 0 Å². The molecular weight excluding hydrogens is 374 g/mol. The van der Waals surface area contributed by atoms with Crippen molar-refractivity contribution in [1.29, 1.82) is 0 Å². The van der Waals surface area contributed by atoms with Gasteiger partial charge in [-0.25, -0.2) is 0 Å². The van der Waals surface area contributed by atoms with Crippen LogP contribution in [-0.2, 0) is 10.1 Å². The highest BCUT2D eigenvalue weighted by atomic mass is 32.2. The fraction of sp³-hybridized carbons (Fsp3) is 0.867. The molecule has 0 saturated heterocycles. The number of halogens is 6. The minimum Gasteiger partial charge on any atom is -0.285 e. The molecule has 4 aliphatic carbocycles. The summed E-state index contributed by atoms with van der Waals surface area (Å²) >= 11 is 0. The Balaban J connectivity index is 1.85. The molecule has 0 aromatic rings. The SMILES string of the molecule is O=S(=O)(O)C(C1CC2CC1C1C3C=CC(C3)C21)(C(F)(F)F)C(F)(F)F. The highest BCUT2D eigenvalue weighted by Crippen LogP contribution is 2.71. The maximum absolute atomic E-state index is 13.6. The van der Waals surface area contributed by atoms with Crippen LogP contribution in [0.2, 0.25) is 0 Å². The second-order valence-corrected chi connectivity index (χ2v) is 9.41. The van der Waals surface area contributed by atoms with E-state index in [1.165, 1.54) is 0 Å². The zero-order valence-electron chi connectivity index (χ0n) is 12.8. The van der Waals surface area contributed by atoms with Crippen LogP contribution < -0.4 is 0 Å². The van der Waals surface area contributed by atoms with Gasteiger partial charge >= 0.3 is 12.4 Å². The number of alkyl halides is 6. The summed E-state index contributed by atoms with van der Waals surface area (Å²) in [6.07, 6.45) is -8.06. The van der Waals surface area contributed by atoms with Crippen LogP contribution in [0.3, 0.4) is 0 Å². The molecule has 0 heterocycles. The van der Waals surface area contributed by atoms with Gasteiger partial charge in [0, 0.05) is 5.92 Å². The van der Waals surface area contributed by atoms with Gasteiger partial charge in [0.25, 0.3) is 14.9 Å². The van der Waals surface area contributed by atoms with Crippen LogP contribution in [-0.4, -0.2) is 30.1 Å². The molecule has 0 aliphatic heterocycles. The zero-order chi connectivity index (χ0) is 18.6. The Labute approximate surface area is 140 Å². The van der Waals surface area contributed by atoms with Crippen LogP contribution in [0, 0.1) is 41.4 Å². The number of allylic oxidation sites excluding steroid dienone is 2. The summed E-state index contributed by atoms with van der Waals surface area (Å²) in [6, 6.07) is 0. The van der Waals surface area contributed by atoms with E-state index in [2.05, 4.69) is 0 Å². The van der Waals surface area contributed by atoms with Gasteiger partial charge in [-0.15, -0.1) is 0 Å². The van der Waals surface area contributed by atoms with E-state index in [1.807, 2.05) is 12.2 Å². The predicted octanol–water partition coefficient (Wildman–Crippen LogP) is 3.83. The topological polar surface area (TPSA) is 54.4 Å². The van der Waals surface area contributed by atoms with Crippen molar-refractivity contribution < 1.29 is 39.3 Å². The number of fused-ring (bicyclic) bond motifs is 9. The van der Waals surface area contributed by atoms with Crippen LogP contribution in [0.4, 0.5) is 26.3 Å². The van der Waals surface area contributed by atoms with Crippen molar-refractivity contribution in [2.75, 3.05) is 0 Å². The van der Waals surface area contributed by atoms with E-state index < -0.39 is 45.5 Å².